The van der Waals surface area contributed by atoms with E-state index >= 15 is 0 Å². The lowest BCUT2D eigenvalue weighted by Crippen LogP contribution is -2.00. The largest absolute Gasteiger partial charge is 0.228 e. The van der Waals surface area contributed by atoms with E-state index < -0.39 is 0 Å². The van der Waals surface area contributed by atoms with E-state index in [1.54, 1.807) is 0 Å². The molecule has 0 amide bonds. The Bertz CT molecular complexity index is 1320. The van der Waals surface area contributed by atoms with Crippen LogP contribution < -0.4 is 0 Å². The molecule has 1 aromatic heterocycles. The van der Waals surface area contributed by atoms with Crippen LogP contribution in [0.5, 0.6) is 0 Å². The van der Waals surface area contributed by atoms with Crippen LogP contribution in [-0.2, 0) is 0 Å². The molecule has 5 rings (SSSR count). The first-order valence-electron chi connectivity index (χ1n) is 10.9. The van der Waals surface area contributed by atoms with Crippen molar-refractivity contribution >= 4 is 17.2 Å². The van der Waals surface area contributed by atoms with Gasteiger partial charge in [0.05, 0.1) is 11.4 Å². The fourth-order valence-corrected chi connectivity index (χ4v) is 4.09. The molecule has 0 radical (unpaired) electrons. The third kappa shape index (κ3) is 4.42. The minimum Gasteiger partial charge on any atom is -0.228 e. The molecule has 1 aliphatic carbocycles. The molecule has 1 heterocycles. The van der Waals surface area contributed by atoms with Gasteiger partial charge in [-0.2, -0.15) is 0 Å². The van der Waals surface area contributed by atoms with Crippen LogP contribution in [0.2, 0.25) is 5.02 Å². The van der Waals surface area contributed by atoms with Gasteiger partial charge in [-0.05, 0) is 53.3 Å². The standard InChI is InChI=1S/C29H23ClN2/c1-20-13-15-22(16-14-20)28-19-27(21-7-3-2-4-8-21)31-29(32-28)25-11-5-9-23(17-25)24-10-6-12-26(30)18-24/h2-13,15-20H,14H2,1H3. The molecule has 0 bridgehead atoms. The van der Waals surface area contributed by atoms with Crippen molar-refractivity contribution in [3.8, 4) is 33.8 Å². The molecule has 4 aromatic rings. The summed E-state index contributed by atoms with van der Waals surface area (Å²) < 4.78 is 0. The summed E-state index contributed by atoms with van der Waals surface area (Å²) in [7, 11) is 0. The van der Waals surface area contributed by atoms with E-state index in [9.17, 15) is 0 Å². The summed E-state index contributed by atoms with van der Waals surface area (Å²) in [5.41, 5.74) is 7.25. The van der Waals surface area contributed by atoms with E-state index in [0.717, 1.165) is 56.5 Å². The molecular weight excluding hydrogens is 412 g/mol. The van der Waals surface area contributed by atoms with Crippen LogP contribution in [0.1, 0.15) is 19.0 Å². The molecule has 1 atom stereocenters. The van der Waals surface area contributed by atoms with Crippen molar-refractivity contribution in [2.45, 2.75) is 13.3 Å². The van der Waals surface area contributed by atoms with E-state index in [-0.39, 0.29) is 0 Å². The molecule has 0 fully saturated rings. The number of rotatable bonds is 4. The van der Waals surface area contributed by atoms with Crippen LogP contribution in [-0.4, -0.2) is 9.97 Å². The summed E-state index contributed by atoms with van der Waals surface area (Å²) in [5, 5.41) is 0.725. The highest BCUT2D eigenvalue weighted by Gasteiger charge is 2.13. The summed E-state index contributed by atoms with van der Waals surface area (Å²) in [6, 6.07) is 28.6. The Labute approximate surface area is 194 Å². The Morgan fingerprint density at radius 1 is 0.719 bits per heavy atom. The van der Waals surface area contributed by atoms with Gasteiger partial charge in [0, 0.05) is 16.1 Å². The zero-order valence-corrected chi connectivity index (χ0v) is 18.6. The predicted molar refractivity (Wildman–Crippen MR) is 134 cm³/mol. The molecule has 0 saturated heterocycles. The van der Waals surface area contributed by atoms with E-state index in [1.165, 1.54) is 0 Å². The summed E-state index contributed by atoms with van der Waals surface area (Å²) in [5.74, 6) is 1.28. The van der Waals surface area contributed by atoms with Crippen molar-refractivity contribution in [3.63, 3.8) is 0 Å². The maximum absolute atomic E-state index is 6.22. The molecule has 32 heavy (non-hydrogen) atoms. The molecule has 0 aliphatic heterocycles. The van der Waals surface area contributed by atoms with Gasteiger partial charge >= 0.3 is 0 Å². The summed E-state index contributed by atoms with van der Waals surface area (Å²) >= 11 is 6.22. The average molecular weight is 435 g/mol. The number of hydrogen-bond acceptors (Lipinski definition) is 2. The van der Waals surface area contributed by atoms with Crippen molar-refractivity contribution in [2.75, 3.05) is 0 Å². The van der Waals surface area contributed by atoms with E-state index in [0.29, 0.717) is 5.92 Å². The first-order valence-corrected chi connectivity index (χ1v) is 11.2. The molecular formula is C29H23ClN2. The normalized spacial score (nSPS) is 15.4. The topological polar surface area (TPSA) is 25.8 Å². The van der Waals surface area contributed by atoms with Gasteiger partial charge in [0.15, 0.2) is 5.82 Å². The minimum atomic E-state index is 0.558. The third-order valence-corrected chi connectivity index (χ3v) is 5.92. The van der Waals surface area contributed by atoms with Crippen molar-refractivity contribution in [1.82, 2.24) is 9.97 Å². The lowest BCUT2D eigenvalue weighted by molar-refractivity contribution is 0.738. The lowest BCUT2D eigenvalue weighted by Gasteiger charge is -2.14. The van der Waals surface area contributed by atoms with Gasteiger partial charge in [-0.25, -0.2) is 9.97 Å². The van der Waals surface area contributed by atoms with Gasteiger partial charge < -0.3 is 0 Å². The van der Waals surface area contributed by atoms with Gasteiger partial charge in [0.25, 0.3) is 0 Å². The summed E-state index contributed by atoms with van der Waals surface area (Å²) in [6.45, 7) is 2.23. The Kier molecular flexibility index (Phi) is 5.70. The highest BCUT2D eigenvalue weighted by molar-refractivity contribution is 6.30. The minimum absolute atomic E-state index is 0.558. The fraction of sp³-hybridized carbons (Fsp3) is 0.103. The van der Waals surface area contributed by atoms with Gasteiger partial charge in [-0.15, -0.1) is 0 Å². The second-order valence-electron chi connectivity index (χ2n) is 8.15. The van der Waals surface area contributed by atoms with E-state index in [1.807, 2.05) is 42.5 Å². The second-order valence-corrected chi connectivity index (χ2v) is 8.59. The molecule has 0 spiro atoms. The van der Waals surface area contributed by atoms with Gasteiger partial charge in [-0.1, -0.05) is 97.4 Å². The molecule has 2 nitrogen and oxygen atoms in total. The SMILES string of the molecule is CC1C=CC(c2cc(-c3ccccc3)nc(-c3cccc(-c4cccc(Cl)c4)c3)n2)=CC1. The molecule has 3 heteroatoms. The zero-order chi connectivity index (χ0) is 21.9. The van der Waals surface area contributed by atoms with Crippen LogP contribution in [0, 0.1) is 5.92 Å². The zero-order valence-electron chi connectivity index (χ0n) is 17.9. The first-order chi connectivity index (χ1) is 15.7. The number of allylic oxidation sites excluding steroid dienone is 4. The molecule has 1 aliphatic rings. The van der Waals surface area contributed by atoms with E-state index in [2.05, 4.69) is 67.6 Å². The lowest BCUT2D eigenvalue weighted by atomic mass is 9.96. The number of benzene rings is 3. The van der Waals surface area contributed by atoms with Crippen LogP contribution in [0.4, 0.5) is 0 Å². The van der Waals surface area contributed by atoms with Gasteiger partial charge in [-0.3, -0.25) is 0 Å². The maximum atomic E-state index is 6.22. The quantitative estimate of drug-likeness (QED) is 0.324. The molecule has 156 valence electrons. The van der Waals surface area contributed by atoms with Crippen molar-refractivity contribution in [3.05, 3.63) is 114 Å². The third-order valence-electron chi connectivity index (χ3n) is 5.68. The van der Waals surface area contributed by atoms with Crippen molar-refractivity contribution in [1.29, 1.82) is 0 Å². The first kappa shape index (κ1) is 20.4. The molecule has 3 aromatic carbocycles. The van der Waals surface area contributed by atoms with Crippen LogP contribution in [0.15, 0.2) is 103 Å². The fourth-order valence-electron chi connectivity index (χ4n) is 3.90. The van der Waals surface area contributed by atoms with Crippen molar-refractivity contribution in [2.24, 2.45) is 5.92 Å². The van der Waals surface area contributed by atoms with Gasteiger partial charge in [0.1, 0.15) is 0 Å². The van der Waals surface area contributed by atoms with Crippen molar-refractivity contribution < 1.29 is 0 Å². The van der Waals surface area contributed by atoms with Crippen LogP contribution >= 0.6 is 11.6 Å². The Hall–Kier alpha value is -3.49. The van der Waals surface area contributed by atoms with E-state index in [4.69, 9.17) is 21.6 Å². The molecule has 0 N–H and O–H groups in total. The van der Waals surface area contributed by atoms with Crippen LogP contribution in [0.25, 0.3) is 39.3 Å². The molecule has 1 unspecified atom stereocenters. The number of hydrogen-bond donors (Lipinski definition) is 0. The Balaban J connectivity index is 1.63. The van der Waals surface area contributed by atoms with Gasteiger partial charge in [0.2, 0.25) is 0 Å². The number of nitrogens with zero attached hydrogens (tertiary/aromatic N) is 2. The summed E-state index contributed by atoms with van der Waals surface area (Å²) in [6.07, 6.45) is 7.72. The predicted octanol–water partition coefficient (Wildman–Crippen LogP) is 8.11. The second kappa shape index (κ2) is 8.94. The number of halogens is 1. The maximum Gasteiger partial charge on any atom is 0.160 e. The average Bonchev–Trinajstić information content (AvgIpc) is 2.85. The van der Waals surface area contributed by atoms with Crippen LogP contribution in [0.3, 0.4) is 0 Å². The Morgan fingerprint density at radius 2 is 1.41 bits per heavy atom. The number of aromatic nitrogens is 2. The Morgan fingerprint density at radius 3 is 2.16 bits per heavy atom. The highest BCUT2D eigenvalue weighted by atomic mass is 35.5. The highest BCUT2D eigenvalue weighted by Crippen LogP contribution is 2.31. The summed E-state index contributed by atoms with van der Waals surface area (Å²) in [4.78, 5) is 9.92. The molecule has 0 saturated carbocycles. The smallest absolute Gasteiger partial charge is 0.160 e. The monoisotopic (exact) mass is 434 g/mol.